The Balaban J connectivity index is -0.000000303. The van der Waals surface area contributed by atoms with Gasteiger partial charge in [-0.05, 0) is 184 Å². The molecular weight excluding hydrogens is 1860 g/mol. The van der Waals surface area contributed by atoms with E-state index < -0.39 is 41.8 Å². The summed E-state index contributed by atoms with van der Waals surface area (Å²) in [6, 6.07) is 19.6. The Morgan fingerprint density at radius 1 is 0.231 bits per heavy atom. The van der Waals surface area contributed by atoms with Gasteiger partial charge in [-0.15, -0.1) is 25.7 Å². The Morgan fingerprint density at radius 3 is 0.578 bits per heavy atom. The van der Waals surface area contributed by atoms with Crippen molar-refractivity contribution in [1.29, 1.82) is 0 Å². The predicted octanol–water partition coefficient (Wildman–Crippen LogP) is 17.0. The zero-order chi connectivity index (χ0) is 113. The van der Waals surface area contributed by atoms with E-state index >= 15 is 0 Å². The molecule has 0 N–H and O–H groups in total. The molecule has 0 aromatic heterocycles. The predicted molar refractivity (Wildman–Crippen MR) is 604 cm³/mol. The lowest BCUT2D eigenvalue weighted by atomic mass is 10.2. The van der Waals surface area contributed by atoms with Crippen molar-refractivity contribution in [2.75, 3.05) is 298 Å². The van der Waals surface area contributed by atoms with Crippen LogP contribution in [0.5, 0.6) is 0 Å². The van der Waals surface area contributed by atoms with Gasteiger partial charge in [0.15, 0.2) is 0 Å². The number of quaternary nitrogens is 9. The number of benzene rings is 2. The Kier molecular flexibility index (Phi) is 97.1. The van der Waals surface area contributed by atoms with Gasteiger partial charge in [-0.25, -0.2) is 43.2 Å². The lowest BCUT2D eigenvalue weighted by Gasteiger charge is -2.37. The van der Waals surface area contributed by atoms with Crippen LogP contribution in [0.2, 0.25) is 0 Å². The van der Waals surface area contributed by atoms with Crippen molar-refractivity contribution >= 4 is 65.9 Å². The minimum Gasteiger partial charge on any atom is -0.457 e. The molecule has 0 saturated heterocycles. The van der Waals surface area contributed by atoms with Crippen molar-refractivity contribution in [2.24, 2.45) is 0 Å². The molecule has 0 radical (unpaired) electrons. The van der Waals surface area contributed by atoms with Crippen LogP contribution in [0, 0.1) is 84.9 Å². The molecule has 0 aliphatic carbocycles. The van der Waals surface area contributed by atoms with E-state index in [2.05, 4.69) is 186 Å². The first-order valence-corrected chi connectivity index (χ1v) is 54.6. The first kappa shape index (κ1) is 150. The number of carbonyl (C=O) groups is 9. The highest BCUT2D eigenvalue weighted by molar-refractivity contribution is 5.91. The van der Waals surface area contributed by atoms with E-state index in [0.717, 1.165) is 286 Å². The van der Waals surface area contributed by atoms with Gasteiger partial charge in [0.25, 0.3) is 0 Å². The van der Waals surface area contributed by atoms with Crippen LogP contribution < -0.4 is 0 Å². The smallest absolute Gasteiger partial charge is 0.384 e. The highest BCUT2D eigenvalue weighted by Crippen LogP contribution is 2.17. The largest absolute Gasteiger partial charge is 0.457 e. The Morgan fingerprint density at radius 2 is 0.408 bits per heavy atom. The second kappa shape index (κ2) is 95.4. The molecule has 0 bridgehead atoms. The molecule has 27 nitrogen and oxygen atoms in total. The molecule has 2 aromatic carbocycles. The van der Waals surface area contributed by atoms with Crippen LogP contribution in [0.4, 0.5) is 0 Å². The number of ether oxygens (including phenoxy) is 9. The molecule has 834 valence electrons. The summed E-state index contributed by atoms with van der Waals surface area (Å²) in [7, 11) is 12.2. The van der Waals surface area contributed by atoms with E-state index in [-0.39, 0.29) is 11.9 Å². The molecule has 27 heteroatoms. The summed E-state index contributed by atoms with van der Waals surface area (Å²) >= 11 is 0. The van der Waals surface area contributed by atoms with Crippen molar-refractivity contribution < 1.29 is 126 Å². The van der Waals surface area contributed by atoms with Gasteiger partial charge in [0.05, 0.1) is 180 Å². The summed E-state index contributed by atoms with van der Waals surface area (Å²) in [6.45, 7) is 86.1. The first-order valence-electron chi connectivity index (χ1n) is 54.6. The van der Waals surface area contributed by atoms with Gasteiger partial charge < -0.3 is 83.0 Å². The Bertz CT molecular complexity index is 4170. The molecule has 0 amide bonds. The zero-order valence-corrected chi connectivity index (χ0v) is 98.3. The second-order valence-electron chi connectivity index (χ2n) is 38.4. The second-order valence-corrected chi connectivity index (χ2v) is 38.4. The number of likely N-dealkylation sites (N-methyl/N-ethyl adjacent to an activating group) is 9. The van der Waals surface area contributed by atoms with Crippen molar-refractivity contribution in [3.05, 3.63) is 83.9 Å². The third-order valence-electron chi connectivity index (χ3n) is 26.1. The minimum atomic E-state index is -0.585. The highest BCUT2D eigenvalue weighted by Gasteiger charge is 2.30. The number of esters is 9. The summed E-state index contributed by atoms with van der Waals surface area (Å²) in [5, 5.41) is 0. The van der Waals surface area contributed by atoms with Crippen LogP contribution in [0.3, 0.4) is 0 Å². The fourth-order valence-corrected chi connectivity index (χ4v) is 16.4. The quantitative estimate of drug-likeness (QED) is 0.0149. The maximum absolute atomic E-state index is 11.8. The third kappa shape index (κ3) is 83.3. The topological polar surface area (TPSA) is 237 Å². The maximum Gasteiger partial charge on any atom is 0.384 e. The van der Waals surface area contributed by atoms with Crippen molar-refractivity contribution in [2.45, 2.75) is 243 Å². The van der Waals surface area contributed by atoms with Crippen LogP contribution in [0.1, 0.15) is 254 Å². The standard InChI is InChI=1S/C20H32NO2.C19H30NO2.2C14H26NO2.C13H24NO2.C12H22NO2.C11H20NO2.C9H16NO2.C8H14NO2/c1-4-7-16-21(6-3,15-5-2)17-18-23-20(22)14-13-19-11-9-8-10-12-19;1-4-14-20(6-3,15-5-2)16-17-22-19(21)13-12-18-10-8-7-9-11-18;1-5-9-11-15(8-4,10-6-2)12-13-17-14(16)7-3;1-5-9-14(16)17-13-12-15(8-4,10-6-2)11-7-3;1-5-9-14(8-4,10-6-2)11-12-16-13(15)7-3;1-5-9-12(14)15-11-10-13(6-2,7-3)8-4;1-5-11(13)14-10-9-12(6-2,7-3)8-4;1-5-6-9(11)12-8-7-10(2,3)4;1-5-8(10)11-7-6-9(2,3)4/h8-14H,4-7,15-18H2,1-3H3;7-13H,4-6,14-17H2,1-3H3;3H,5-6,8-13H2,1-2,4H3;6-8,10-13H2,1-4H3;3H,5-6,8-12H2,1-2,4H3;6-8,10-11H2,1-4H3;1H,6-10H2,2-4H3;7-8H2,1-4H3;1H,6-7H2,2-4H3/q9*+1/b14-13+;13-12+;;;;;;;. The number of nitrogens with zero attached hydrogens (tertiary/aromatic N) is 9. The summed E-state index contributed by atoms with van der Waals surface area (Å²) in [5.74, 6) is 18.4. The Hall–Kier alpha value is -10.3. The fraction of sp³-hybridized carbons (Fsp3) is 0.675. The van der Waals surface area contributed by atoms with E-state index in [4.69, 9.17) is 63.6 Å². The van der Waals surface area contributed by atoms with E-state index in [0.29, 0.717) is 59.5 Å². The van der Waals surface area contributed by atoms with Crippen LogP contribution in [-0.4, -0.2) is 392 Å². The normalized spacial score (nSPS) is 11.6. The molecular formula is C120H210N9O18+9. The lowest BCUT2D eigenvalue weighted by molar-refractivity contribution is -0.927. The van der Waals surface area contributed by atoms with Crippen LogP contribution in [0.15, 0.2) is 72.8 Å². The molecule has 0 spiro atoms. The van der Waals surface area contributed by atoms with E-state index in [1.807, 2.05) is 127 Å². The van der Waals surface area contributed by atoms with Crippen LogP contribution in [-0.2, 0) is 85.8 Å². The zero-order valence-electron chi connectivity index (χ0n) is 98.3. The van der Waals surface area contributed by atoms with Gasteiger partial charge in [0.1, 0.15) is 118 Å². The summed E-state index contributed by atoms with van der Waals surface area (Å²) in [6.07, 6.45) is 40.3. The maximum atomic E-state index is 11.8. The number of carbonyl (C=O) groups excluding carboxylic acids is 9. The molecule has 0 heterocycles. The fourth-order valence-electron chi connectivity index (χ4n) is 16.4. The number of unbranched alkanes of at least 4 members (excludes halogenated alkanes) is 2. The molecule has 147 heavy (non-hydrogen) atoms. The number of terminal acetylenes is 4. The van der Waals surface area contributed by atoms with Crippen molar-refractivity contribution in [1.82, 2.24) is 0 Å². The third-order valence-corrected chi connectivity index (χ3v) is 26.1. The average Bonchev–Trinajstić information content (AvgIpc) is 0.887. The average molecular weight is 2070 g/mol. The van der Waals surface area contributed by atoms with Gasteiger partial charge >= 0.3 is 53.7 Å². The monoisotopic (exact) mass is 2070 g/mol. The number of hydrogen-bond acceptors (Lipinski definition) is 18. The van der Waals surface area contributed by atoms with Crippen molar-refractivity contribution in [3.8, 4) is 84.9 Å². The van der Waals surface area contributed by atoms with Gasteiger partial charge in [0, 0.05) is 53.6 Å². The molecule has 0 aliphatic rings. The van der Waals surface area contributed by atoms with Crippen molar-refractivity contribution in [3.63, 3.8) is 0 Å². The van der Waals surface area contributed by atoms with Gasteiger partial charge in [-0.3, -0.25) is 0 Å². The first-order chi connectivity index (χ1) is 69.9. The van der Waals surface area contributed by atoms with Crippen LogP contribution >= 0.6 is 0 Å². The SMILES string of the molecule is C#CC(=O)OCC[N+](C)(C)C.C#CC(=O)OCC[N+](CC)(CC)CC.C#CC(=O)OCC[N+](CC)(CCC)CCC.C#CC(=O)OCC[N+](CC)(CCC)CCCC.CC#CC(=O)OCC[N+](C)(C)C.CC#CC(=O)OCC[N+](CC)(CC)CC.CC#CC(=O)OCC[N+](CC)(CCC)CCC.CCCC[N+](CC)(CCC)CCOC(=O)/C=C/c1ccccc1.CCC[N+](CC)(CCC)CCOC(=O)/C=C/c1ccccc1. The summed E-state index contributed by atoms with van der Waals surface area (Å²) in [5.41, 5.74) is 2.02. The van der Waals surface area contributed by atoms with Gasteiger partial charge in [0.2, 0.25) is 0 Å². The summed E-state index contributed by atoms with van der Waals surface area (Å²) in [4.78, 5) is 99.3. The highest BCUT2D eigenvalue weighted by atomic mass is 16.6. The Labute approximate surface area is 897 Å². The molecule has 0 saturated carbocycles. The molecule has 0 fully saturated rings. The van der Waals surface area contributed by atoms with Gasteiger partial charge in [-0.2, -0.15) is 0 Å². The van der Waals surface area contributed by atoms with Crippen LogP contribution in [0.25, 0.3) is 12.2 Å². The summed E-state index contributed by atoms with van der Waals surface area (Å²) < 4.78 is 53.9. The lowest BCUT2D eigenvalue weighted by Crippen LogP contribution is -2.51. The number of hydrogen-bond donors (Lipinski definition) is 0. The van der Waals surface area contributed by atoms with E-state index in [1.54, 1.807) is 32.9 Å². The molecule has 0 aliphatic heterocycles. The van der Waals surface area contributed by atoms with E-state index in [1.165, 1.54) is 50.8 Å². The molecule has 2 unspecified atom stereocenters. The van der Waals surface area contributed by atoms with Gasteiger partial charge in [-0.1, -0.05) is 161 Å². The molecule has 2 atom stereocenters. The molecule has 2 aromatic rings. The molecule has 2 rings (SSSR count). The number of rotatable bonds is 64. The van der Waals surface area contributed by atoms with E-state index in [9.17, 15) is 43.2 Å². The minimum absolute atomic E-state index is 0.255.